The summed E-state index contributed by atoms with van der Waals surface area (Å²) < 4.78 is 0. The standard InChI is InChI=1S/C16H29NO2/c1-3-16(15(18)19)10-5-11-17(12-16)14-7-4-6-13(2)8-9-14/h13-14H,3-12H2,1-2H3,(H,18,19). The van der Waals surface area contributed by atoms with Gasteiger partial charge in [0.05, 0.1) is 5.41 Å². The van der Waals surface area contributed by atoms with Gasteiger partial charge in [0.2, 0.25) is 0 Å². The summed E-state index contributed by atoms with van der Waals surface area (Å²) in [5.74, 6) is 0.270. The van der Waals surface area contributed by atoms with Crippen LogP contribution in [-0.4, -0.2) is 35.1 Å². The summed E-state index contributed by atoms with van der Waals surface area (Å²) in [7, 11) is 0. The lowest BCUT2D eigenvalue weighted by atomic mass is 9.77. The number of carboxylic acid groups (broad SMARTS) is 1. The summed E-state index contributed by atoms with van der Waals surface area (Å²) in [5, 5.41) is 9.58. The third kappa shape index (κ3) is 3.31. The molecule has 0 aromatic rings. The molecular formula is C16H29NO2. The summed E-state index contributed by atoms with van der Waals surface area (Å²) in [6.07, 6.45) is 9.18. The van der Waals surface area contributed by atoms with E-state index >= 15 is 0 Å². The van der Waals surface area contributed by atoms with Crippen LogP contribution in [0.1, 0.15) is 65.2 Å². The van der Waals surface area contributed by atoms with Crippen molar-refractivity contribution in [3.05, 3.63) is 0 Å². The molecule has 0 amide bonds. The van der Waals surface area contributed by atoms with Crippen LogP contribution in [0.3, 0.4) is 0 Å². The van der Waals surface area contributed by atoms with Gasteiger partial charge in [-0.15, -0.1) is 0 Å². The van der Waals surface area contributed by atoms with Crippen LogP contribution in [0.2, 0.25) is 0 Å². The van der Waals surface area contributed by atoms with E-state index in [2.05, 4.69) is 11.8 Å². The highest BCUT2D eigenvalue weighted by Gasteiger charge is 2.42. The Kier molecular flexibility index (Phi) is 4.88. The molecule has 3 atom stereocenters. The topological polar surface area (TPSA) is 40.5 Å². The van der Waals surface area contributed by atoms with Crippen molar-refractivity contribution in [1.82, 2.24) is 4.90 Å². The van der Waals surface area contributed by atoms with E-state index in [0.717, 1.165) is 38.3 Å². The van der Waals surface area contributed by atoms with Gasteiger partial charge in [-0.3, -0.25) is 9.69 Å². The van der Waals surface area contributed by atoms with Crippen LogP contribution in [0.15, 0.2) is 0 Å². The lowest BCUT2D eigenvalue weighted by molar-refractivity contribution is -0.153. The molecule has 1 aliphatic carbocycles. The normalized spacial score (nSPS) is 37.8. The third-order valence-corrected chi connectivity index (χ3v) is 5.48. The minimum Gasteiger partial charge on any atom is -0.481 e. The summed E-state index contributed by atoms with van der Waals surface area (Å²) in [6.45, 7) is 6.27. The van der Waals surface area contributed by atoms with Crippen molar-refractivity contribution in [2.75, 3.05) is 13.1 Å². The van der Waals surface area contributed by atoms with Gasteiger partial charge >= 0.3 is 5.97 Å². The molecule has 2 rings (SSSR count). The molecule has 0 aromatic carbocycles. The van der Waals surface area contributed by atoms with Crippen molar-refractivity contribution >= 4 is 5.97 Å². The maximum atomic E-state index is 11.6. The highest BCUT2D eigenvalue weighted by Crippen LogP contribution is 2.36. The molecule has 3 nitrogen and oxygen atoms in total. The Morgan fingerprint density at radius 3 is 2.74 bits per heavy atom. The number of carboxylic acids is 1. The number of hydrogen-bond acceptors (Lipinski definition) is 2. The van der Waals surface area contributed by atoms with Gasteiger partial charge in [-0.05, 0) is 51.0 Å². The van der Waals surface area contributed by atoms with Crippen molar-refractivity contribution in [2.24, 2.45) is 11.3 Å². The van der Waals surface area contributed by atoms with Gasteiger partial charge in [0, 0.05) is 12.6 Å². The van der Waals surface area contributed by atoms with Crippen molar-refractivity contribution in [1.29, 1.82) is 0 Å². The van der Waals surface area contributed by atoms with E-state index in [9.17, 15) is 9.90 Å². The van der Waals surface area contributed by atoms with Crippen molar-refractivity contribution in [3.8, 4) is 0 Å². The minimum absolute atomic E-state index is 0.476. The highest BCUT2D eigenvalue weighted by molar-refractivity contribution is 5.75. The molecule has 3 heteroatoms. The maximum absolute atomic E-state index is 11.6. The number of rotatable bonds is 3. The fourth-order valence-electron chi connectivity index (χ4n) is 3.93. The molecule has 1 heterocycles. The Morgan fingerprint density at radius 2 is 2.05 bits per heavy atom. The zero-order valence-corrected chi connectivity index (χ0v) is 12.5. The Labute approximate surface area is 117 Å². The summed E-state index contributed by atoms with van der Waals surface area (Å²) >= 11 is 0. The molecule has 2 aliphatic rings. The van der Waals surface area contributed by atoms with E-state index < -0.39 is 11.4 Å². The fraction of sp³-hybridized carbons (Fsp3) is 0.938. The number of likely N-dealkylation sites (tertiary alicyclic amines) is 1. The molecule has 19 heavy (non-hydrogen) atoms. The van der Waals surface area contributed by atoms with E-state index in [1.165, 1.54) is 32.1 Å². The number of carbonyl (C=O) groups is 1. The second kappa shape index (κ2) is 6.25. The second-order valence-corrected chi connectivity index (χ2v) is 6.78. The number of aliphatic carboxylic acids is 1. The van der Waals surface area contributed by atoms with Crippen molar-refractivity contribution < 1.29 is 9.90 Å². The van der Waals surface area contributed by atoms with E-state index in [1.54, 1.807) is 0 Å². The van der Waals surface area contributed by atoms with Gasteiger partial charge in [-0.25, -0.2) is 0 Å². The smallest absolute Gasteiger partial charge is 0.310 e. The van der Waals surface area contributed by atoms with Crippen LogP contribution in [0, 0.1) is 11.3 Å². The molecule has 0 bridgehead atoms. The fourth-order valence-corrected chi connectivity index (χ4v) is 3.93. The van der Waals surface area contributed by atoms with E-state index in [1.807, 2.05) is 6.92 Å². The molecule has 1 saturated heterocycles. The maximum Gasteiger partial charge on any atom is 0.310 e. The zero-order chi connectivity index (χ0) is 13.9. The third-order valence-electron chi connectivity index (χ3n) is 5.48. The Hall–Kier alpha value is -0.570. The number of hydrogen-bond donors (Lipinski definition) is 1. The molecule has 1 N–H and O–H groups in total. The van der Waals surface area contributed by atoms with Crippen LogP contribution in [0.25, 0.3) is 0 Å². The lowest BCUT2D eigenvalue weighted by Crippen LogP contribution is -2.51. The first-order valence-corrected chi connectivity index (χ1v) is 8.05. The Bertz CT molecular complexity index is 318. The average molecular weight is 267 g/mol. The quantitative estimate of drug-likeness (QED) is 0.795. The van der Waals surface area contributed by atoms with Gasteiger partial charge < -0.3 is 5.11 Å². The first kappa shape index (κ1) is 14.8. The van der Waals surface area contributed by atoms with E-state index in [4.69, 9.17) is 0 Å². The van der Waals surface area contributed by atoms with Crippen LogP contribution in [0.4, 0.5) is 0 Å². The Balaban J connectivity index is 2.02. The first-order valence-electron chi connectivity index (χ1n) is 8.05. The molecule has 1 saturated carbocycles. The molecule has 0 aromatic heterocycles. The van der Waals surface area contributed by atoms with E-state index in [0.29, 0.717) is 6.04 Å². The van der Waals surface area contributed by atoms with Gasteiger partial charge in [0.1, 0.15) is 0 Å². The van der Waals surface area contributed by atoms with Gasteiger partial charge in [-0.1, -0.05) is 26.7 Å². The summed E-state index contributed by atoms with van der Waals surface area (Å²) in [6, 6.07) is 0.635. The predicted molar refractivity (Wildman–Crippen MR) is 77.2 cm³/mol. The molecule has 0 spiro atoms. The van der Waals surface area contributed by atoms with Crippen molar-refractivity contribution in [2.45, 2.75) is 71.3 Å². The minimum atomic E-state index is -0.582. The van der Waals surface area contributed by atoms with Crippen molar-refractivity contribution in [3.63, 3.8) is 0 Å². The van der Waals surface area contributed by atoms with Crippen LogP contribution >= 0.6 is 0 Å². The first-order chi connectivity index (χ1) is 9.07. The molecular weight excluding hydrogens is 238 g/mol. The van der Waals surface area contributed by atoms with Gasteiger partial charge in [0.15, 0.2) is 0 Å². The number of piperidine rings is 1. The molecule has 110 valence electrons. The zero-order valence-electron chi connectivity index (χ0n) is 12.5. The monoisotopic (exact) mass is 267 g/mol. The number of nitrogens with zero attached hydrogens (tertiary/aromatic N) is 1. The molecule has 3 unspecified atom stereocenters. The summed E-state index contributed by atoms with van der Waals surface area (Å²) in [4.78, 5) is 14.1. The SMILES string of the molecule is CCC1(C(=O)O)CCCN(C2CCCC(C)CC2)C1. The molecule has 0 radical (unpaired) electrons. The predicted octanol–water partition coefficient (Wildman–Crippen LogP) is 3.53. The largest absolute Gasteiger partial charge is 0.481 e. The van der Waals surface area contributed by atoms with Crippen LogP contribution < -0.4 is 0 Å². The second-order valence-electron chi connectivity index (χ2n) is 6.78. The van der Waals surface area contributed by atoms with Crippen LogP contribution in [-0.2, 0) is 4.79 Å². The van der Waals surface area contributed by atoms with Gasteiger partial charge in [-0.2, -0.15) is 0 Å². The van der Waals surface area contributed by atoms with Crippen LogP contribution in [0.5, 0.6) is 0 Å². The van der Waals surface area contributed by atoms with E-state index in [-0.39, 0.29) is 0 Å². The Morgan fingerprint density at radius 1 is 1.26 bits per heavy atom. The molecule has 2 fully saturated rings. The average Bonchev–Trinajstić information content (AvgIpc) is 2.63. The lowest BCUT2D eigenvalue weighted by Gasteiger charge is -2.43. The summed E-state index contributed by atoms with van der Waals surface area (Å²) in [5.41, 5.74) is -0.476. The highest BCUT2D eigenvalue weighted by atomic mass is 16.4. The van der Waals surface area contributed by atoms with Gasteiger partial charge in [0.25, 0.3) is 0 Å². The molecule has 1 aliphatic heterocycles.